The van der Waals surface area contributed by atoms with Crippen molar-refractivity contribution in [3.05, 3.63) is 23.5 Å². The summed E-state index contributed by atoms with van der Waals surface area (Å²) in [5.41, 5.74) is -0.409. The summed E-state index contributed by atoms with van der Waals surface area (Å²) >= 11 is 0. The van der Waals surface area contributed by atoms with Gasteiger partial charge in [-0.25, -0.2) is 0 Å². The van der Waals surface area contributed by atoms with Gasteiger partial charge in [0.1, 0.15) is 0 Å². The molecule has 1 unspecified atom stereocenters. The van der Waals surface area contributed by atoms with Crippen molar-refractivity contribution in [2.24, 2.45) is 0 Å². The van der Waals surface area contributed by atoms with Gasteiger partial charge in [-0.2, -0.15) is 18.3 Å². The normalized spacial score (nSPS) is 13.9. The summed E-state index contributed by atoms with van der Waals surface area (Å²) in [5, 5.41) is 9.63. The predicted molar refractivity (Wildman–Crippen MR) is 49.3 cm³/mol. The minimum Gasteiger partial charge on any atom is -0.317 e. The molecule has 6 heteroatoms. The van der Waals surface area contributed by atoms with Gasteiger partial charge in [0.15, 0.2) is 5.69 Å². The minimum atomic E-state index is -4.42. The van der Waals surface area contributed by atoms with Crippen LogP contribution in [0.3, 0.4) is 0 Å². The van der Waals surface area contributed by atoms with Crippen LogP contribution in [-0.2, 0) is 12.6 Å². The van der Waals surface area contributed by atoms with Crippen molar-refractivity contribution in [2.75, 3.05) is 7.05 Å². The number of likely N-dealkylation sites (N-methyl/N-ethyl adjacent to an activating group) is 1. The van der Waals surface area contributed by atoms with E-state index in [1.165, 1.54) is 6.07 Å². The molecule has 0 aliphatic heterocycles. The lowest BCUT2D eigenvalue weighted by Crippen LogP contribution is -2.24. The Kier molecular flexibility index (Phi) is 3.62. The lowest BCUT2D eigenvalue weighted by atomic mass is 10.2. The maximum absolute atomic E-state index is 12.1. The zero-order chi connectivity index (χ0) is 11.5. The molecular formula is C9H12F3N3. The Morgan fingerprint density at radius 3 is 2.40 bits per heavy atom. The Bertz CT molecular complexity index is 307. The second-order valence-corrected chi connectivity index (χ2v) is 3.30. The van der Waals surface area contributed by atoms with Gasteiger partial charge >= 0.3 is 6.18 Å². The first-order valence-corrected chi connectivity index (χ1v) is 4.50. The van der Waals surface area contributed by atoms with Gasteiger partial charge in [0.25, 0.3) is 0 Å². The van der Waals surface area contributed by atoms with E-state index in [2.05, 4.69) is 15.5 Å². The van der Waals surface area contributed by atoms with Crippen LogP contribution in [-0.4, -0.2) is 23.3 Å². The van der Waals surface area contributed by atoms with E-state index in [1.807, 2.05) is 6.92 Å². The minimum absolute atomic E-state index is 0.163. The SMILES string of the molecule is CNC(C)Cc1ccc(C(F)(F)F)nn1. The van der Waals surface area contributed by atoms with E-state index in [-0.39, 0.29) is 6.04 Å². The second-order valence-electron chi connectivity index (χ2n) is 3.30. The van der Waals surface area contributed by atoms with Crippen molar-refractivity contribution < 1.29 is 13.2 Å². The van der Waals surface area contributed by atoms with Crippen molar-refractivity contribution in [1.82, 2.24) is 15.5 Å². The first-order valence-electron chi connectivity index (χ1n) is 4.50. The largest absolute Gasteiger partial charge is 0.435 e. The number of nitrogens with zero attached hydrogens (tertiary/aromatic N) is 2. The lowest BCUT2D eigenvalue weighted by molar-refractivity contribution is -0.141. The summed E-state index contributed by atoms with van der Waals surface area (Å²) in [6.45, 7) is 1.92. The Balaban J connectivity index is 2.73. The van der Waals surface area contributed by atoms with Gasteiger partial charge in [0.2, 0.25) is 0 Å². The Morgan fingerprint density at radius 2 is 2.00 bits per heavy atom. The van der Waals surface area contributed by atoms with Crippen molar-refractivity contribution in [1.29, 1.82) is 0 Å². The van der Waals surface area contributed by atoms with E-state index in [1.54, 1.807) is 7.05 Å². The van der Waals surface area contributed by atoms with Crippen LogP contribution in [0.25, 0.3) is 0 Å². The fraction of sp³-hybridized carbons (Fsp3) is 0.556. The van der Waals surface area contributed by atoms with E-state index in [0.29, 0.717) is 12.1 Å². The number of hydrogen-bond acceptors (Lipinski definition) is 3. The van der Waals surface area contributed by atoms with E-state index in [0.717, 1.165) is 6.07 Å². The van der Waals surface area contributed by atoms with Crippen LogP contribution in [0.15, 0.2) is 12.1 Å². The highest BCUT2D eigenvalue weighted by molar-refractivity contribution is 5.10. The average Bonchev–Trinajstić information content (AvgIpc) is 2.17. The van der Waals surface area contributed by atoms with Gasteiger partial charge in [0, 0.05) is 12.5 Å². The Hall–Kier alpha value is -1.17. The van der Waals surface area contributed by atoms with Gasteiger partial charge in [-0.1, -0.05) is 0 Å². The molecule has 0 saturated carbocycles. The number of halogens is 3. The molecule has 0 aliphatic carbocycles. The number of hydrogen-bond donors (Lipinski definition) is 1. The van der Waals surface area contributed by atoms with Crippen LogP contribution >= 0.6 is 0 Å². The molecule has 1 rings (SSSR count). The maximum atomic E-state index is 12.1. The number of aromatic nitrogens is 2. The summed E-state index contributed by atoms with van der Waals surface area (Å²) < 4.78 is 36.4. The topological polar surface area (TPSA) is 37.8 Å². The monoisotopic (exact) mass is 219 g/mol. The maximum Gasteiger partial charge on any atom is 0.435 e. The van der Waals surface area contributed by atoms with Crippen LogP contribution in [0.2, 0.25) is 0 Å². The highest BCUT2D eigenvalue weighted by Gasteiger charge is 2.32. The van der Waals surface area contributed by atoms with Crippen molar-refractivity contribution >= 4 is 0 Å². The highest BCUT2D eigenvalue weighted by atomic mass is 19.4. The summed E-state index contributed by atoms with van der Waals surface area (Å²) in [4.78, 5) is 0. The molecule has 1 aromatic rings. The quantitative estimate of drug-likeness (QED) is 0.839. The number of alkyl halides is 3. The first kappa shape index (κ1) is 11.9. The fourth-order valence-electron chi connectivity index (χ4n) is 1.04. The summed E-state index contributed by atoms with van der Waals surface area (Å²) in [6.07, 6.45) is -3.86. The molecule has 0 spiro atoms. The number of nitrogens with one attached hydrogen (secondary N) is 1. The fourth-order valence-corrected chi connectivity index (χ4v) is 1.04. The molecule has 1 aromatic heterocycles. The molecule has 0 fully saturated rings. The molecule has 84 valence electrons. The number of rotatable bonds is 3. The van der Waals surface area contributed by atoms with Gasteiger partial charge in [-0.3, -0.25) is 0 Å². The predicted octanol–water partition coefficient (Wildman–Crippen LogP) is 1.65. The third-order valence-corrected chi connectivity index (χ3v) is 2.02. The molecule has 0 aromatic carbocycles. The van der Waals surface area contributed by atoms with Crippen molar-refractivity contribution in [3.8, 4) is 0 Å². The second kappa shape index (κ2) is 4.57. The van der Waals surface area contributed by atoms with Crippen molar-refractivity contribution in [3.63, 3.8) is 0 Å². The van der Waals surface area contributed by atoms with Crippen LogP contribution in [0.4, 0.5) is 13.2 Å². The van der Waals surface area contributed by atoms with E-state index < -0.39 is 11.9 Å². The third kappa shape index (κ3) is 3.47. The Labute approximate surface area is 85.7 Å². The molecular weight excluding hydrogens is 207 g/mol. The lowest BCUT2D eigenvalue weighted by Gasteiger charge is -2.09. The molecule has 0 amide bonds. The zero-order valence-corrected chi connectivity index (χ0v) is 8.47. The molecule has 0 radical (unpaired) electrons. The van der Waals surface area contributed by atoms with E-state index >= 15 is 0 Å². The highest BCUT2D eigenvalue weighted by Crippen LogP contribution is 2.26. The van der Waals surface area contributed by atoms with Gasteiger partial charge in [-0.15, -0.1) is 5.10 Å². The standard InChI is InChI=1S/C9H12F3N3/c1-6(13-2)5-7-3-4-8(15-14-7)9(10,11)12/h3-4,6,13H,5H2,1-2H3. The molecule has 0 aliphatic rings. The molecule has 1 heterocycles. The smallest absolute Gasteiger partial charge is 0.317 e. The van der Waals surface area contributed by atoms with Crippen LogP contribution in [0.1, 0.15) is 18.3 Å². The van der Waals surface area contributed by atoms with E-state index in [4.69, 9.17) is 0 Å². The summed E-state index contributed by atoms with van der Waals surface area (Å²) in [6, 6.07) is 2.46. The van der Waals surface area contributed by atoms with Crippen LogP contribution in [0, 0.1) is 0 Å². The van der Waals surface area contributed by atoms with Gasteiger partial charge in [-0.05, 0) is 26.1 Å². The Morgan fingerprint density at radius 1 is 1.33 bits per heavy atom. The van der Waals surface area contributed by atoms with Crippen LogP contribution < -0.4 is 5.32 Å². The van der Waals surface area contributed by atoms with Gasteiger partial charge < -0.3 is 5.32 Å². The molecule has 1 atom stereocenters. The first-order chi connectivity index (χ1) is 6.93. The third-order valence-electron chi connectivity index (χ3n) is 2.02. The van der Waals surface area contributed by atoms with Gasteiger partial charge in [0.05, 0.1) is 5.69 Å². The van der Waals surface area contributed by atoms with E-state index in [9.17, 15) is 13.2 Å². The summed E-state index contributed by atoms with van der Waals surface area (Å²) in [7, 11) is 1.78. The zero-order valence-electron chi connectivity index (χ0n) is 8.47. The molecule has 1 N–H and O–H groups in total. The van der Waals surface area contributed by atoms with Crippen LogP contribution in [0.5, 0.6) is 0 Å². The molecule has 0 bridgehead atoms. The molecule has 0 saturated heterocycles. The van der Waals surface area contributed by atoms with Crippen molar-refractivity contribution in [2.45, 2.75) is 25.6 Å². The summed E-state index contributed by atoms with van der Waals surface area (Å²) in [5.74, 6) is 0. The molecule has 3 nitrogen and oxygen atoms in total. The average molecular weight is 219 g/mol. The molecule has 15 heavy (non-hydrogen) atoms.